The fraction of sp³-hybridized carbons (Fsp3) is 0.200. The molecule has 0 fully saturated rings. The molecule has 4 nitrogen and oxygen atoms in total. The SMILES string of the molecule is C=Cc1ccc(=O)n(CCc2cnn(Cc3ccccc3)c2C)c1. The second-order valence-electron chi connectivity index (χ2n) is 5.85. The van der Waals surface area contributed by atoms with E-state index in [0.29, 0.717) is 6.54 Å². The monoisotopic (exact) mass is 319 g/mol. The largest absolute Gasteiger partial charge is 0.315 e. The normalized spacial score (nSPS) is 10.7. The summed E-state index contributed by atoms with van der Waals surface area (Å²) < 4.78 is 3.73. The average molecular weight is 319 g/mol. The highest BCUT2D eigenvalue weighted by atomic mass is 16.1. The zero-order chi connectivity index (χ0) is 16.9. The van der Waals surface area contributed by atoms with Crippen LogP contribution in [0.15, 0.2) is 66.2 Å². The smallest absolute Gasteiger partial charge is 0.250 e. The molecular formula is C20H21N3O. The van der Waals surface area contributed by atoms with Crippen LogP contribution >= 0.6 is 0 Å². The lowest BCUT2D eigenvalue weighted by atomic mass is 10.2. The molecule has 0 aliphatic rings. The van der Waals surface area contributed by atoms with Crippen LogP contribution in [-0.2, 0) is 19.5 Å². The van der Waals surface area contributed by atoms with Crippen LogP contribution in [0.1, 0.15) is 22.4 Å². The maximum Gasteiger partial charge on any atom is 0.250 e. The number of benzene rings is 1. The minimum absolute atomic E-state index is 0.00919. The van der Waals surface area contributed by atoms with Crippen molar-refractivity contribution in [3.05, 3.63) is 94.2 Å². The van der Waals surface area contributed by atoms with E-state index in [9.17, 15) is 4.79 Å². The van der Waals surface area contributed by atoms with Gasteiger partial charge in [-0.3, -0.25) is 9.48 Å². The Morgan fingerprint density at radius 1 is 1.17 bits per heavy atom. The number of aromatic nitrogens is 3. The van der Waals surface area contributed by atoms with E-state index in [1.807, 2.05) is 35.3 Å². The molecule has 3 rings (SSSR count). The van der Waals surface area contributed by atoms with Gasteiger partial charge in [0, 0.05) is 24.5 Å². The zero-order valence-electron chi connectivity index (χ0n) is 13.9. The first kappa shape index (κ1) is 16.0. The van der Waals surface area contributed by atoms with E-state index in [2.05, 4.69) is 30.7 Å². The summed E-state index contributed by atoms with van der Waals surface area (Å²) in [4.78, 5) is 11.9. The van der Waals surface area contributed by atoms with E-state index in [-0.39, 0.29) is 5.56 Å². The molecule has 4 heteroatoms. The van der Waals surface area contributed by atoms with Crippen LogP contribution in [0.4, 0.5) is 0 Å². The van der Waals surface area contributed by atoms with Crippen molar-refractivity contribution >= 4 is 6.08 Å². The van der Waals surface area contributed by atoms with Crippen LogP contribution in [0.3, 0.4) is 0 Å². The maximum atomic E-state index is 11.9. The summed E-state index contributed by atoms with van der Waals surface area (Å²) in [5.74, 6) is 0. The molecule has 0 atom stereocenters. The molecule has 0 unspecified atom stereocenters. The molecule has 0 aliphatic carbocycles. The van der Waals surface area contributed by atoms with Gasteiger partial charge < -0.3 is 4.57 Å². The molecule has 122 valence electrons. The Kier molecular flexibility index (Phi) is 4.75. The summed E-state index contributed by atoms with van der Waals surface area (Å²) >= 11 is 0. The van der Waals surface area contributed by atoms with Gasteiger partial charge in [0.15, 0.2) is 0 Å². The van der Waals surface area contributed by atoms with Crippen molar-refractivity contribution in [2.75, 3.05) is 0 Å². The molecule has 1 aromatic carbocycles. The van der Waals surface area contributed by atoms with Crippen molar-refractivity contribution in [3.8, 4) is 0 Å². The van der Waals surface area contributed by atoms with Crippen molar-refractivity contribution in [2.24, 2.45) is 0 Å². The van der Waals surface area contributed by atoms with Crippen LogP contribution in [0.25, 0.3) is 6.08 Å². The van der Waals surface area contributed by atoms with Crippen LogP contribution in [-0.4, -0.2) is 14.3 Å². The number of hydrogen-bond donors (Lipinski definition) is 0. The molecule has 0 saturated heterocycles. The Morgan fingerprint density at radius 3 is 2.71 bits per heavy atom. The van der Waals surface area contributed by atoms with Gasteiger partial charge in [-0.1, -0.05) is 43.0 Å². The Balaban J connectivity index is 1.73. The molecule has 0 amide bonds. The quantitative estimate of drug-likeness (QED) is 0.699. The van der Waals surface area contributed by atoms with E-state index < -0.39 is 0 Å². The van der Waals surface area contributed by atoms with Crippen molar-refractivity contribution < 1.29 is 0 Å². The van der Waals surface area contributed by atoms with E-state index in [0.717, 1.165) is 24.2 Å². The van der Waals surface area contributed by atoms with E-state index >= 15 is 0 Å². The summed E-state index contributed by atoms with van der Waals surface area (Å²) in [5, 5.41) is 4.49. The number of aryl methyl sites for hydroxylation is 2. The third-order valence-corrected chi connectivity index (χ3v) is 4.24. The summed E-state index contributed by atoms with van der Waals surface area (Å²) in [6, 6.07) is 13.7. The molecule has 0 N–H and O–H groups in total. The maximum absolute atomic E-state index is 11.9. The first-order valence-electron chi connectivity index (χ1n) is 8.05. The molecule has 2 aromatic heterocycles. The molecular weight excluding hydrogens is 298 g/mol. The second-order valence-corrected chi connectivity index (χ2v) is 5.85. The first-order chi connectivity index (χ1) is 11.7. The minimum atomic E-state index is 0.00919. The average Bonchev–Trinajstić information content (AvgIpc) is 2.95. The van der Waals surface area contributed by atoms with E-state index in [1.54, 1.807) is 22.8 Å². The molecule has 2 heterocycles. The highest BCUT2D eigenvalue weighted by molar-refractivity contribution is 5.44. The molecule has 0 spiro atoms. The van der Waals surface area contributed by atoms with Gasteiger partial charge in [0.1, 0.15) is 0 Å². The lowest BCUT2D eigenvalue weighted by Crippen LogP contribution is -2.19. The molecule has 0 radical (unpaired) electrons. The molecule has 0 bridgehead atoms. The van der Waals surface area contributed by atoms with Gasteiger partial charge in [0.05, 0.1) is 12.7 Å². The minimum Gasteiger partial charge on any atom is -0.315 e. The zero-order valence-corrected chi connectivity index (χ0v) is 13.9. The van der Waals surface area contributed by atoms with Crippen LogP contribution in [0.2, 0.25) is 0 Å². The van der Waals surface area contributed by atoms with E-state index in [1.165, 1.54) is 11.1 Å². The van der Waals surface area contributed by atoms with Crippen molar-refractivity contribution in [3.63, 3.8) is 0 Å². The Bertz CT molecular complexity index is 891. The van der Waals surface area contributed by atoms with Crippen molar-refractivity contribution in [1.29, 1.82) is 0 Å². The predicted octanol–water partition coefficient (Wildman–Crippen LogP) is 3.29. The Morgan fingerprint density at radius 2 is 1.96 bits per heavy atom. The fourth-order valence-electron chi connectivity index (χ4n) is 2.73. The molecule has 3 aromatic rings. The van der Waals surface area contributed by atoms with Gasteiger partial charge in [-0.2, -0.15) is 5.10 Å². The first-order valence-corrected chi connectivity index (χ1v) is 8.05. The summed E-state index contributed by atoms with van der Waals surface area (Å²) in [6.07, 6.45) is 6.28. The van der Waals surface area contributed by atoms with Gasteiger partial charge in [0.25, 0.3) is 5.56 Å². The van der Waals surface area contributed by atoms with Gasteiger partial charge in [-0.15, -0.1) is 0 Å². The van der Waals surface area contributed by atoms with Crippen LogP contribution < -0.4 is 5.56 Å². The number of pyridine rings is 1. The lowest BCUT2D eigenvalue weighted by molar-refractivity contribution is 0.650. The number of nitrogens with zero attached hydrogens (tertiary/aromatic N) is 3. The van der Waals surface area contributed by atoms with Crippen LogP contribution in [0, 0.1) is 6.92 Å². The highest BCUT2D eigenvalue weighted by Crippen LogP contribution is 2.11. The number of hydrogen-bond acceptors (Lipinski definition) is 2. The fourth-order valence-corrected chi connectivity index (χ4v) is 2.73. The lowest BCUT2D eigenvalue weighted by Gasteiger charge is -2.08. The predicted molar refractivity (Wildman–Crippen MR) is 97.0 cm³/mol. The van der Waals surface area contributed by atoms with E-state index in [4.69, 9.17) is 0 Å². The number of rotatable bonds is 6. The highest BCUT2D eigenvalue weighted by Gasteiger charge is 2.07. The Labute approximate surface area is 141 Å². The molecule has 0 saturated carbocycles. The summed E-state index contributed by atoms with van der Waals surface area (Å²) in [7, 11) is 0. The topological polar surface area (TPSA) is 39.8 Å². The standard InChI is InChI=1S/C20H21N3O/c1-3-17-9-10-20(24)22(14-17)12-11-19-13-21-23(16(19)2)15-18-7-5-4-6-8-18/h3-10,13-14H,1,11-12,15H2,2H3. The van der Waals surface area contributed by atoms with Crippen molar-refractivity contribution in [1.82, 2.24) is 14.3 Å². The summed E-state index contributed by atoms with van der Waals surface area (Å²) in [6.45, 7) is 7.23. The van der Waals surface area contributed by atoms with Crippen molar-refractivity contribution in [2.45, 2.75) is 26.4 Å². The third kappa shape index (κ3) is 3.54. The van der Waals surface area contributed by atoms with Gasteiger partial charge in [-0.25, -0.2) is 0 Å². The second kappa shape index (κ2) is 7.13. The van der Waals surface area contributed by atoms with Gasteiger partial charge >= 0.3 is 0 Å². The summed E-state index contributed by atoms with van der Waals surface area (Å²) in [5.41, 5.74) is 4.50. The van der Waals surface area contributed by atoms with Gasteiger partial charge in [-0.05, 0) is 36.1 Å². The molecule has 24 heavy (non-hydrogen) atoms. The van der Waals surface area contributed by atoms with Crippen LogP contribution in [0.5, 0.6) is 0 Å². The van der Waals surface area contributed by atoms with Gasteiger partial charge in [0.2, 0.25) is 0 Å². The Hall–Kier alpha value is -2.88. The molecule has 0 aliphatic heterocycles. The third-order valence-electron chi connectivity index (χ3n) is 4.24.